The van der Waals surface area contributed by atoms with Crippen molar-refractivity contribution in [3.05, 3.63) is 59.7 Å². The number of carbonyl (C=O) groups excluding carboxylic acids is 1. The Hall–Kier alpha value is -2.49. The van der Waals surface area contributed by atoms with Gasteiger partial charge in [-0.25, -0.2) is 0 Å². The quantitative estimate of drug-likeness (QED) is 0.701. The van der Waals surface area contributed by atoms with Gasteiger partial charge in [0, 0.05) is 18.5 Å². The van der Waals surface area contributed by atoms with Crippen LogP contribution in [0.3, 0.4) is 0 Å². The number of aryl methyl sites for hydroxylation is 1. The van der Waals surface area contributed by atoms with Crippen LogP contribution in [0.15, 0.2) is 48.5 Å². The van der Waals surface area contributed by atoms with E-state index in [-0.39, 0.29) is 5.91 Å². The highest BCUT2D eigenvalue weighted by atomic mass is 16.5. The van der Waals surface area contributed by atoms with Gasteiger partial charge in [-0.1, -0.05) is 36.4 Å². The van der Waals surface area contributed by atoms with Crippen LogP contribution in [-0.2, 0) is 17.8 Å². The van der Waals surface area contributed by atoms with E-state index in [2.05, 4.69) is 5.32 Å². The maximum atomic E-state index is 12.3. The molecule has 0 bridgehead atoms. The van der Waals surface area contributed by atoms with E-state index in [0.717, 1.165) is 35.5 Å². The first-order valence-electron chi connectivity index (χ1n) is 9.98. The summed E-state index contributed by atoms with van der Waals surface area (Å²) in [6.45, 7) is 3.09. The molecule has 1 fully saturated rings. The molecular weight excluding hydrogens is 338 g/mol. The zero-order chi connectivity index (χ0) is 18.9. The molecule has 27 heavy (non-hydrogen) atoms. The summed E-state index contributed by atoms with van der Waals surface area (Å²) in [5, 5.41) is 3.03. The van der Waals surface area contributed by atoms with E-state index in [0.29, 0.717) is 32.1 Å². The van der Waals surface area contributed by atoms with Crippen LogP contribution >= 0.6 is 0 Å². The van der Waals surface area contributed by atoms with Crippen molar-refractivity contribution in [3.8, 4) is 11.5 Å². The van der Waals surface area contributed by atoms with Gasteiger partial charge in [-0.15, -0.1) is 0 Å². The van der Waals surface area contributed by atoms with Crippen LogP contribution < -0.4 is 14.8 Å². The molecule has 0 radical (unpaired) electrons. The Morgan fingerprint density at radius 3 is 2.41 bits per heavy atom. The molecule has 0 saturated heterocycles. The third kappa shape index (κ3) is 5.75. The normalized spacial score (nSPS) is 14.1. The molecule has 0 unspecified atom stereocenters. The maximum absolute atomic E-state index is 12.3. The zero-order valence-electron chi connectivity index (χ0n) is 16.1. The smallest absolute Gasteiger partial charge is 0.220 e. The van der Waals surface area contributed by atoms with Gasteiger partial charge in [-0.2, -0.15) is 0 Å². The van der Waals surface area contributed by atoms with E-state index in [4.69, 9.17) is 9.47 Å². The number of benzene rings is 2. The number of para-hydroxylation sites is 2. The lowest BCUT2D eigenvalue weighted by molar-refractivity contribution is -0.121. The summed E-state index contributed by atoms with van der Waals surface area (Å²) in [6.07, 6.45) is 6.16. The Morgan fingerprint density at radius 1 is 1.00 bits per heavy atom. The van der Waals surface area contributed by atoms with Crippen molar-refractivity contribution in [1.82, 2.24) is 5.32 Å². The summed E-state index contributed by atoms with van der Waals surface area (Å²) in [6, 6.07) is 15.9. The van der Waals surface area contributed by atoms with Gasteiger partial charge in [-0.3, -0.25) is 4.79 Å². The van der Waals surface area contributed by atoms with Gasteiger partial charge in [0.15, 0.2) is 0 Å². The highest BCUT2D eigenvalue weighted by molar-refractivity contribution is 5.76. The predicted octanol–water partition coefficient (Wildman–Crippen LogP) is 4.66. The van der Waals surface area contributed by atoms with E-state index in [1.807, 2.05) is 55.5 Å². The van der Waals surface area contributed by atoms with Gasteiger partial charge in [0.1, 0.15) is 11.5 Å². The Kier molecular flexibility index (Phi) is 7.14. The molecule has 1 N–H and O–H groups in total. The van der Waals surface area contributed by atoms with E-state index in [1.165, 1.54) is 12.8 Å². The molecule has 1 aliphatic rings. The van der Waals surface area contributed by atoms with Crippen molar-refractivity contribution >= 4 is 5.91 Å². The molecule has 2 aromatic rings. The molecule has 2 aromatic carbocycles. The van der Waals surface area contributed by atoms with Crippen molar-refractivity contribution in [1.29, 1.82) is 0 Å². The van der Waals surface area contributed by atoms with Crippen molar-refractivity contribution in [2.24, 2.45) is 0 Å². The van der Waals surface area contributed by atoms with Crippen molar-refractivity contribution in [3.63, 3.8) is 0 Å². The summed E-state index contributed by atoms with van der Waals surface area (Å²) in [4.78, 5) is 12.3. The summed E-state index contributed by atoms with van der Waals surface area (Å²) >= 11 is 0. The standard InChI is InChI=1S/C23H29NO3/c1-2-26-21-13-7-3-9-18(21)15-16-23(25)24-17-19-10-4-8-14-22(19)27-20-11-5-6-12-20/h3-4,7-10,13-14,20H,2,5-6,11-12,15-17H2,1H3,(H,24,25). The first-order valence-corrected chi connectivity index (χ1v) is 9.98. The number of hydrogen-bond acceptors (Lipinski definition) is 3. The number of rotatable bonds is 9. The minimum atomic E-state index is 0.0389. The monoisotopic (exact) mass is 367 g/mol. The fourth-order valence-corrected chi connectivity index (χ4v) is 3.49. The fourth-order valence-electron chi connectivity index (χ4n) is 3.49. The first kappa shape index (κ1) is 19.3. The van der Waals surface area contributed by atoms with Gasteiger partial charge >= 0.3 is 0 Å². The molecule has 4 nitrogen and oxygen atoms in total. The fraction of sp³-hybridized carbons (Fsp3) is 0.435. The van der Waals surface area contributed by atoms with E-state index >= 15 is 0 Å². The zero-order valence-corrected chi connectivity index (χ0v) is 16.1. The lowest BCUT2D eigenvalue weighted by Crippen LogP contribution is -2.24. The Morgan fingerprint density at radius 2 is 1.67 bits per heavy atom. The second-order valence-corrected chi connectivity index (χ2v) is 6.95. The van der Waals surface area contributed by atoms with Crippen molar-refractivity contribution in [2.75, 3.05) is 6.61 Å². The average molecular weight is 367 g/mol. The molecule has 1 saturated carbocycles. The third-order valence-electron chi connectivity index (χ3n) is 4.94. The van der Waals surface area contributed by atoms with Gasteiger partial charge in [0.2, 0.25) is 5.91 Å². The van der Waals surface area contributed by atoms with Gasteiger partial charge in [0.25, 0.3) is 0 Å². The first-order chi connectivity index (χ1) is 13.3. The SMILES string of the molecule is CCOc1ccccc1CCC(=O)NCc1ccccc1OC1CCCC1. The largest absolute Gasteiger partial charge is 0.494 e. The number of amides is 1. The van der Waals surface area contributed by atoms with Crippen molar-refractivity contribution in [2.45, 2.75) is 58.1 Å². The second kappa shape index (κ2) is 10.0. The van der Waals surface area contributed by atoms with Crippen LogP contribution in [-0.4, -0.2) is 18.6 Å². The van der Waals surface area contributed by atoms with Crippen LogP contribution in [0.1, 0.15) is 50.2 Å². The number of nitrogens with one attached hydrogen (secondary N) is 1. The Balaban J connectivity index is 1.51. The molecule has 0 atom stereocenters. The predicted molar refractivity (Wildman–Crippen MR) is 107 cm³/mol. The molecule has 0 spiro atoms. The molecule has 4 heteroatoms. The highest BCUT2D eigenvalue weighted by Crippen LogP contribution is 2.26. The van der Waals surface area contributed by atoms with E-state index < -0.39 is 0 Å². The number of ether oxygens (including phenoxy) is 2. The highest BCUT2D eigenvalue weighted by Gasteiger charge is 2.18. The summed E-state index contributed by atoms with van der Waals surface area (Å²) < 4.78 is 11.8. The topological polar surface area (TPSA) is 47.6 Å². The third-order valence-corrected chi connectivity index (χ3v) is 4.94. The molecule has 144 valence electrons. The Bertz CT molecular complexity index is 738. The second-order valence-electron chi connectivity index (χ2n) is 6.95. The van der Waals surface area contributed by atoms with Crippen LogP contribution in [0, 0.1) is 0 Å². The van der Waals surface area contributed by atoms with Crippen LogP contribution in [0.5, 0.6) is 11.5 Å². The van der Waals surface area contributed by atoms with Crippen molar-refractivity contribution < 1.29 is 14.3 Å². The summed E-state index contributed by atoms with van der Waals surface area (Å²) in [7, 11) is 0. The van der Waals surface area contributed by atoms with Gasteiger partial charge in [-0.05, 0) is 56.7 Å². The molecule has 0 heterocycles. The summed E-state index contributed by atoms with van der Waals surface area (Å²) in [5.41, 5.74) is 2.10. The number of carbonyl (C=O) groups is 1. The lowest BCUT2D eigenvalue weighted by Gasteiger charge is -2.17. The van der Waals surface area contributed by atoms with Crippen LogP contribution in [0.2, 0.25) is 0 Å². The number of hydrogen-bond donors (Lipinski definition) is 1. The van der Waals surface area contributed by atoms with Crippen LogP contribution in [0.4, 0.5) is 0 Å². The van der Waals surface area contributed by atoms with E-state index in [9.17, 15) is 4.79 Å². The maximum Gasteiger partial charge on any atom is 0.220 e. The van der Waals surface area contributed by atoms with Gasteiger partial charge in [0.05, 0.1) is 12.7 Å². The van der Waals surface area contributed by atoms with E-state index in [1.54, 1.807) is 0 Å². The Labute approximate surface area is 161 Å². The van der Waals surface area contributed by atoms with Crippen LogP contribution in [0.25, 0.3) is 0 Å². The molecule has 1 aliphatic carbocycles. The minimum absolute atomic E-state index is 0.0389. The summed E-state index contributed by atoms with van der Waals surface area (Å²) in [5.74, 6) is 1.80. The lowest BCUT2D eigenvalue weighted by atomic mass is 10.1. The molecule has 1 amide bonds. The molecule has 3 rings (SSSR count). The minimum Gasteiger partial charge on any atom is -0.494 e. The molecule has 0 aliphatic heterocycles. The molecular formula is C23H29NO3. The average Bonchev–Trinajstić information content (AvgIpc) is 3.20. The molecule has 0 aromatic heterocycles. The van der Waals surface area contributed by atoms with Gasteiger partial charge < -0.3 is 14.8 Å².